The molecule has 4 atom stereocenters. The number of fused-ring (bicyclic) bond motifs is 4. The van der Waals surface area contributed by atoms with E-state index in [0.717, 1.165) is 172 Å². The van der Waals surface area contributed by atoms with Gasteiger partial charge in [-0.05, 0) is 392 Å². The van der Waals surface area contributed by atoms with Crippen LogP contribution < -0.4 is 21.3 Å². The number of aromatic nitrogens is 4. The van der Waals surface area contributed by atoms with Gasteiger partial charge in [0.05, 0.1) is 22.1 Å². The summed E-state index contributed by atoms with van der Waals surface area (Å²) in [7, 11) is 0. The first kappa shape index (κ1) is 88.0. The Morgan fingerprint density at radius 1 is 0.283 bits per heavy atom. The molecule has 0 saturated heterocycles. The van der Waals surface area contributed by atoms with Crippen molar-refractivity contribution in [2.24, 2.45) is 23.7 Å². The summed E-state index contributed by atoms with van der Waals surface area (Å²) >= 11 is 23.7. The summed E-state index contributed by atoms with van der Waals surface area (Å²) in [6, 6.07) is 56.0. The van der Waals surface area contributed by atoms with E-state index in [1.54, 1.807) is 146 Å². The van der Waals surface area contributed by atoms with E-state index in [2.05, 4.69) is 68.9 Å². The van der Waals surface area contributed by atoms with Gasteiger partial charge < -0.3 is 21.3 Å². The molecule has 8 aromatic carbocycles. The molecule has 4 amide bonds. The first-order valence-corrected chi connectivity index (χ1v) is 44.1. The van der Waals surface area contributed by atoms with Gasteiger partial charge in [-0.3, -0.25) is 39.1 Å². The summed E-state index contributed by atoms with van der Waals surface area (Å²) < 4.78 is 55.2. The van der Waals surface area contributed by atoms with E-state index >= 15 is 0 Å². The van der Waals surface area contributed by atoms with Gasteiger partial charge >= 0.3 is 0 Å². The Balaban J connectivity index is 0.000000138. The molecule has 0 bridgehead atoms. The summed E-state index contributed by atoms with van der Waals surface area (Å²) in [5.74, 6) is 2.34. The molecule has 4 aliphatic rings. The Morgan fingerprint density at radius 2 is 0.467 bits per heavy atom. The summed E-state index contributed by atoms with van der Waals surface area (Å²) in [4.78, 5) is 68.1. The predicted molar refractivity (Wildman–Crippen MR) is 478 cm³/mol. The van der Waals surface area contributed by atoms with Gasteiger partial charge in [-0.1, -0.05) is 74.1 Å². The average molecular weight is 1700 g/mol. The van der Waals surface area contributed by atoms with Crippen LogP contribution in [0.5, 0.6) is 0 Å². The maximum Gasteiger partial charge on any atom is 0.251 e. The molecule has 20 heteroatoms. The van der Waals surface area contributed by atoms with Crippen LogP contribution in [-0.4, -0.2) is 67.7 Å². The number of halogens is 8. The van der Waals surface area contributed by atoms with E-state index < -0.39 is 0 Å². The van der Waals surface area contributed by atoms with Crippen molar-refractivity contribution in [3.05, 3.63) is 307 Å². The molecule has 12 nitrogen and oxygen atoms in total. The minimum atomic E-state index is -0.221. The molecule has 4 heterocycles. The number of carbonyl (C=O) groups is 4. The lowest BCUT2D eigenvalue weighted by Crippen LogP contribution is -2.41. The Bertz CT molecular complexity index is 4790. The predicted octanol–water partition coefficient (Wildman–Crippen LogP) is 26.0. The third-order valence-corrected chi connectivity index (χ3v) is 26.5. The largest absolute Gasteiger partial charge is 0.349 e. The number of nitrogens with one attached hydrogen (secondary N) is 4. The minimum Gasteiger partial charge on any atom is -0.349 e. The fraction of sp³-hybridized carbons (Fsp3) is 0.360. The zero-order valence-corrected chi connectivity index (χ0v) is 71.3. The molecule has 624 valence electrons. The van der Waals surface area contributed by atoms with Gasteiger partial charge in [-0.25, -0.2) is 17.6 Å². The van der Waals surface area contributed by atoms with Crippen molar-refractivity contribution in [2.45, 2.75) is 204 Å². The molecule has 0 radical (unpaired) electrons. The Hall–Kier alpha value is -9.84. The van der Waals surface area contributed by atoms with Crippen LogP contribution in [0.2, 0.25) is 20.1 Å². The molecule has 4 aromatic heterocycles. The molecular weight excluding hydrogens is 1590 g/mol. The monoisotopic (exact) mass is 1700 g/mol. The quantitative estimate of drug-likeness (QED) is 0.0547. The van der Waals surface area contributed by atoms with Crippen LogP contribution in [0.4, 0.5) is 17.6 Å². The molecule has 12 aromatic rings. The number of hydrogen-bond donors (Lipinski definition) is 4. The standard InChI is InChI=1S/4C25H26ClFN2O/c4*1-2-23(29-25(30)18-7-9-19(26)10-8-18)17-5-3-16(4-6-17)21-13-14-28-24-12-11-20(27)15-22(21)24/h4*7-17,23H,2-6H2,1H3,(H,29,30)/t2*16-,17+,23-;2*16-,17-,23-/m1010/s1. The SMILES string of the molecule is CC[C@@H](NC(=O)c1ccc(Cl)cc1)[C@H]1CC[C@@H](c2ccnc3ccc(F)cc32)CC1.CC[C@@H](NC(=O)c1ccc(Cl)cc1)[C@H]1CC[C@H](c2ccnc3ccc(F)cc32)CC1.CC[C@H](NC(=O)c1ccc(Cl)cc1)[C@H]1CC[C@@H](c2ccnc3ccc(F)cc32)CC1.CC[C@H](NC(=O)c1ccc(Cl)cc1)[C@H]1CC[C@H](c2ccnc3ccc(F)cc32)CC1. The molecule has 0 aliphatic heterocycles. The highest BCUT2D eigenvalue weighted by Crippen LogP contribution is 2.45. The van der Waals surface area contributed by atoms with Crippen molar-refractivity contribution in [2.75, 3.05) is 0 Å². The number of benzene rings is 8. The molecule has 4 N–H and O–H groups in total. The van der Waals surface area contributed by atoms with E-state index in [0.29, 0.717) is 89.7 Å². The number of rotatable bonds is 20. The van der Waals surface area contributed by atoms with E-state index in [1.807, 2.05) is 49.1 Å². The van der Waals surface area contributed by atoms with Crippen LogP contribution in [0.15, 0.2) is 219 Å². The Kier molecular flexibility index (Phi) is 30.9. The molecule has 4 aliphatic carbocycles. The smallest absolute Gasteiger partial charge is 0.251 e. The van der Waals surface area contributed by atoms with Gasteiger partial charge in [0.15, 0.2) is 0 Å². The summed E-state index contributed by atoms with van der Waals surface area (Å²) in [6.45, 7) is 8.49. The van der Waals surface area contributed by atoms with Crippen LogP contribution in [0.1, 0.15) is 243 Å². The number of carbonyl (C=O) groups excluding carboxylic acids is 4. The summed E-state index contributed by atoms with van der Waals surface area (Å²) in [5.41, 5.74) is 10.7. The highest BCUT2D eigenvalue weighted by atomic mass is 35.5. The van der Waals surface area contributed by atoms with Gasteiger partial charge in [0, 0.05) is 113 Å². The van der Waals surface area contributed by atoms with Gasteiger partial charge in [-0.15, -0.1) is 0 Å². The lowest BCUT2D eigenvalue weighted by Gasteiger charge is -2.34. The first-order chi connectivity index (χ1) is 58.2. The molecule has 0 spiro atoms. The normalized spacial score (nSPS) is 20.1. The zero-order chi connectivity index (χ0) is 84.3. The summed E-state index contributed by atoms with van der Waals surface area (Å²) in [5, 5.41) is 19.1. The number of amides is 4. The number of pyridine rings is 4. The molecule has 120 heavy (non-hydrogen) atoms. The van der Waals surface area contributed by atoms with Crippen LogP contribution in [0.3, 0.4) is 0 Å². The fourth-order valence-corrected chi connectivity index (χ4v) is 19.4. The Labute approximate surface area is 721 Å². The average Bonchev–Trinajstić information content (AvgIpc) is 0.806. The second kappa shape index (κ2) is 42.1. The molecule has 4 fully saturated rings. The lowest BCUT2D eigenvalue weighted by molar-refractivity contribution is 0.0901. The lowest BCUT2D eigenvalue weighted by atomic mass is 9.75. The third kappa shape index (κ3) is 22.7. The first-order valence-electron chi connectivity index (χ1n) is 42.6. The van der Waals surface area contributed by atoms with Crippen LogP contribution >= 0.6 is 46.4 Å². The van der Waals surface area contributed by atoms with Crippen molar-refractivity contribution in [3.63, 3.8) is 0 Å². The van der Waals surface area contributed by atoms with Crippen molar-refractivity contribution < 1.29 is 36.7 Å². The second-order valence-electron chi connectivity index (χ2n) is 32.7. The van der Waals surface area contributed by atoms with Crippen LogP contribution in [0.25, 0.3) is 43.6 Å². The fourth-order valence-electron chi connectivity index (χ4n) is 18.9. The third-order valence-electron chi connectivity index (χ3n) is 25.5. The van der Waals surface area contributed by atoms with E-state index in [9.17, 15) is 36.7 Å². The number of nitrogens with zero attached hydrogens (tertiary/aromatic N) is 4. The van der Waals surface area contributed by atoms with Crippen molar-refractivity contribution in [1.82, 2.24) is 41.2 Å². The highest BCUT2D eigenvalue weighted by Gasteiger charge is 2.35. The van der Waals surface area contributed by atoms with Crippen LogP contribution in [0, 0.1) is 46.9 Å². The molecule has 4 saturated carbocycles. The second-order valence-corrected chi connectivity index (χ2v) is 34.4. The van der Waals surface area contributed by atoms with Gasteiger partial charge in [0.1, 0.15) is 23.3 Å². The van der Waals surface area contributed by atoms with E-state index in [-0.39, 0.29) is 71.1 Å². The highest BCUT2D eigenvalue weighted by molar-refractivity contribution is 6.31. The maximum absolute atomic E-state index is 13.8. The van der Waals surface area contributed by atoms with E-state index in [1.165, 1.54) is 46.5 Å². The topological polar surface area (TPSA) is 168 Å². The minimum absolute atomic E-state index is 0.0451. The van der Waals surface area contributed by atoms with Crippen LogP contribution in [-0.2, 0) is 0 Å². The van der Waals surface area contributed by atoms with Gasteiger partial charge in [-0.2, -0.15) is 0 Å². The van der Waals surface area contributed by atoms with Crippen molar-refractivity contribution in [3.8, 4) is 0 Å². The maximum atomic E-state index is 13.8. The number of hydrogen-bond acceptors (Lipinski definition) is 8. The van der Waals surface area contributed by atoms with Crippen molar-refractivity contribution >= 4 is 114 Å². The molecular formula is C100H104Cl4F4N8O4. The zero-order valence-electron chi connectivity index (χ0n) is 68.3. The molecule has 0 unspecified atom stereocenters. The van der Waals surface area contributed by atoms with E-state index in [4.69, 9.17) is 46.4 Å². The summed E-state index contributed by atoms with van der Waals surface area (Å²) in [6.07, 6.45) is 27.5. The van der Waals surface area contributed by atoms with Crippen molar-refractivity contribution in [1.29, 1.82) is 0 Å². The van der Waals surface area contributed by atoms with Gasteiger partial charge in [0.25, 0.3) is 23.6 Å². The molecule has 16 rings (SSSR count). The Morgan fingerprint density at radius 3 is 0.642 bits per heavy atom. The van der Waals surface area contributed by atoms with Gasteiger partial charge in [0.2, 0.25) is 0 Å².